The monoisotopic (exact) mass is 272 g/mol. The second kappa shape index (κ2) is 5.80. The smallest absolute Gasteiger partial charge is 0.272 e. The molecule has 0 fully saturated rings. The summed E-state index contributed by atoms with van der Waals surface area (Å²) in [5.74, 6) is -0.353. The van der Waals surface area contributed by atoms with Crippen LogP contribution in [0.2, 0.25) is 0 Å². The van der Waals surface area contributed by atoms with Crippen LogP contribution in [-0.4, -0.2) is 4.92 Å². The van der Waals surface area contributed by atoms with Gasteiger partial charge in [-0.05, 0) is 23.8 Å². The maximum atomic E-state index is 13.2. The lowest BCUT2D eigenvalue weighted by Crippen LogP contribution is -1.99. The molecular formula is C14H9FN2O3. The Morgan fingerprint density at radius 1 is 1.30 bits per heavy atom. The average molecular weight is 272 g/mol. The van der Waals surface area contributed by atoms with Gasteiger partial charge in [-0.1, -0.05) is 12.1 Å². The van der Waals surface area contributed by atoms with Crippen molar-refractivity contribution >= 4 is 5.69 Å². The van der Waals surface area contributed by atoms with Crippen molar-refractivity contribution < 1.29 is 14.1 Å². The Hall–Kier alpha value is -2.94. The zero-order chi connectivity index (χ0) is 14.5. The summed E-state index contributed by atoms with van der Waals surface area (Å²) in [7, 11) is 0. The summed E-state index contributed by atoms with van der Waals surface area (Å²) in [5.41, 5.74) is 0.333. The number of nitro groups is 1. The molecule has 0 bridgehead atoms. The van der Waals surface area contributed by atoms with E-state index in [1.807, 2.05) is 6.07 Å². The summed E-state index contributed by atoms with van der Waals surface area (Å²) in [6.07, 6.45) is 0. The highest BCUT2D eigenvalue weighted by Gasteiger charge is 2.10. The first-order chi connectivity index (χ1) is 9.60. The zero-order valence-corrected chi connectivity index (χ0v) is 10.2. The topological polar surface area (TPSA) is 76.2 Å². The molecule has 0 spiro atoms. The van der Waals surface area contributed by atoms with Crippen LogP contribution in [0.15, 0.2) is 42.5 Å². The average Bonchev–Trinajstić information content (AvgIpc) is 2.44. The standard InChI is InChI=1S/C14H9FN2O3/c15-12-5-10(6-13(7-12)17(18)19)9-20-14-4-2-1-3-11(14)8-16/h1-7H,9H2. The molecule has 100 valence electrons. The Balaban J connectivity index is 2.19. The number of benzene rings is 2. The molecule has 2 aromatic rings. The Bertz CT molecular complexity index is 695. The van der Waals surface area contributed by atoms with Crippen molar-refractivity contribution in [2.45, 2.75) is 6.61 Å². The van der Waals surface area contributed by atoms with E-state index >= 15 is 0 Å². The molecule has 0 aromatic heterocycles. The van der Waals surface area contributed by atoms with Gasteiger partial charge in [0.1, 0.15) is 24.2 Å². The summed E-state index contributed by atoms with van der Waals surface area (Å²) in [4.78, 5) is 9.96. The van der Waals surface area contributed by atoms with Crippen molar-refractivity contribution in [1.29, 1.82) is 5.26 Å². The largest absolute Gasteiger partial charge is 0.488 e. The third-order valence-electron chi connectivity index (χ3n) is 2.56. The number of nitro benzene ring substituents is 1. The molecule has 0 N–H and O–H groups in total. The van der Waals surface area contributed by atoms with Gasteiger partial charge in [0.2, 0.25) is 0 Å². The number of nitrogens with zero attached hydrogens (tertiary/aromatic N) is 2. The van der Waals surface area contributed by atoms with Crippen LogP contribution in [-0.2, 0) is 6.61 Å². The lowest BCUT2D eigenvalue weighted by molar-refractivity contribution is -0.385. The van der Waals surface area contributed by atoms with Crippen LogP contribution in [0.3, 0.4) is 0 Å². The van der Waals surface area contributed by atoms with E-state index in [0.29, 0.717) is 16.9 Å². The molecule has 2 rings (SSSR count). The fraction of sp³-hybridized carbons (Fsp3) is 0.0714. The third kappa shape index (κ3) is 3.09. The highest BCUT2D eigenvalue weighted by molar-refractivity contribution is 5.43. The van der Waals surface area contributed by atoms with Gasteiger partial charge in [0.25, 0.3) is 5.69 Å². The third-order valence-corrected chi connectivity index (χ3v) is 2.56. The minimum absolute atomic E-state index is 0.0582. The maximum Gasteiger partial charge on any atom is 0.272 e. The maximum absolute atomic E-state index is 13.2. The predicted octanol–water partition coefficient (Wildman–Crippen LogP) is 3.18. The van der Waals surface area contributed by atoms with Crippen LogP contribution >= 0.6 is 0 Å². The van der Waals surface area contributed by atoms with Crippen LogP contribution < -0.4 is 4.74 Å². The normalized spacial score (nSPS) is 9.80. The number of ether oxygens (including phenoxy) is 1. The summed E-state index contributed by atoms with van der Waals surface area (Å²) in [5, 5.41) is 19.5. The van der Waals surface area contributed by atoms with E-state index in [4.69, 9.17) is 10.00 Å². The van der Waals surface area contributed by atoms with Gasteiger partial charge in [0.15, 0.2) is 0 Å². The van der Waals surface area contributed by atoms with Crippen LogP contribution in [0.25, 0.3) is 0 Å². The summed E-state index contributed by atoms with van der Waals surface area (Å²) >= 11 is 0. The quantitative estimate of drug-likeness (QED) is 0.632. The van der Waals surface area contributed by atoms with E-state index < -0.39 is 10.7 Å². The van der Waals surface area contributed by atoms with Crippen molar-refractivity contribution in [3.63, 3.8) is 0 Å². The lowest BCUT2D eigenvalue weighted by Gasteiger charge is -2.07. The molecule has 0 saturated heterocycles. The van der Waals surface area contributed by atoms with E-state index in [0.717, 1.165) is 12.1 Å². The van der Waals surface area contributed by atoms with Gasteiger partial charge in [-0.15, -0.1) is 0 Å². The van der Waals surface area contributed by atoms with Gasteiger partial charge < -0.3 is 4.74 Å². The Kier molecular flexibility index (Phi) is 3.91. The second-order valence-electron chi connectivity index (χ2n) is 3.97. The fourth-order valence-electron chi connectivity index (χ4n) is 1.67. The Labute approximate surface area is 114 Å². The van der Waals surface area contributed by atoms with Crippen molar-refractivity contribution in [1.82, 2.24) is 0 Å². The molecule has 0 atom stereocenters. The first kappa shape index (κ1) is 13.5. The number of halogens is 1. The van der Waals surface area contributed by atoms with Gasteiger partial charge in [-0.2, -0.15) is 5.26 Å². The number of hydrogen-bond acceptors (Lipinski definition) is 4. The Morgan fingerprint density at radius 3 is 2.75 bits per heavy atom. The summed E-state index contributed by atoms with van der Waals surface area (Å²) in [6, 6.07) is 11.8. The van der Waals surface area contributed by atoms with E-state index in [1.54, 1.807) is 24.3 Å². The number of non-ortho nitro benzene ring substituents is 1. The van der Waals surface area contributed by atoms with Crippen molar-refractivity contribution in [3.8, 4) is 11.8 Å². The molecule has 0 aliphatic rings. The molecule has 0 aliphatic heterocycles. The van der Waals surface area contributed by atoms with Gasteiger partial charge in [-0.25, -0.2) is 4.39 Å². The molecule has 0 amide bonds. The first-order valence-corrected chi connectivity index (χ1v) is 5.66. The van der Waals surface area contributed by atoms with Crippen LogP contribution in [0.1, 0.15) is 11.1 Å². The number of para-hydroxylation sites is 1. The SMILES string of the molecule is N#Cc1ccccc1OCc1cc(F)cc([N+](=O)[O-])c1. The molecule has 5 nitrogen and oxygen atoms in total. The highest BCUT2D eigenvalue weighted by atomic mass is 19.1. The molecule has 0 saturated carbocycles. The lowest BCUT2D eigenvalue weighted by atomic mass is 10.2. The fourth-order valence-corrected chi connectivity index (χ4v) is 1.67. The van der Waals surface area contributed by atoms with Crippen molar-refractivity contribution in [3.05, 3.63) is 69.5 Å². The minimum Gasteiger partial charge on any atom is -0.488 e. The van der Waals surface area contributed by atoms with E-state index in [-0.39, 0.29) is 12.3 Å². The molecule has 6 heteroatoms. The molecule has 20 heavy (non-hydrogen) atoms. The number of nitriles is 1. The highest BCUT2D eigenvalue weighted by Crippen LogP contribution is 2.21. The molecule has 2 aromatic carbocycles. The van der Waals surface area contributed by atoms with Crippen LogP contribution in [0.5, 0.6) is 5.75 Å². The van der Waals surface area contributed by atoms with Crippen LogP contribution in [0.4, 0.5) is 10.1 Å². The number of hydrogen-bond donors (Lipinski definition) is 0. The molecule has 0 unspecified atom stereocenters. The predicted molar refractivity (Wildman–Crippen MR) is 68.5 cm³/mol. The van der Waals surface area contributed by atoms with Crippen molar-refractivity contribution in [2.75, 3.05) is 0 Å². The van der Waals surface area contributed by atoms with Gasteiger partial charge in [0.05, 0.1) is 16.6 Å². The van der Waals surface area contributed by atoms with E-state index in [1.165, 1.54) is 6.07 Å². The summed E-state index contributed by atoms with van der Waals surface area (Å²) in [6.45, 7) is -0.0582. The van der Waals surface area contributed by atoms with Gasteiger partial charge >= 0.3 is 0 Å². The van der Waals surface area contributed by atoms with Gasteiger partial charge in [0, 0.05) is 6.07 Å². The second-order valence-corrected chi connectivity index (χ2v) is 3.97. The minimum atomic E-state index is -0.702. The molecule has 0 radical (unpaired) electrons. The summed E-state index contributed by atoms with van der Waals surface area (Å²) < 4.78 is 18.6. The van der Waals surface area contributed by atoms with E-state index in [9.17, 15) is 14.5 Å². The Morgan fingerprint density at radius 2 is 2.05 bits per heavy atom. The molecular weight excluding hydrogens is 263 g/mol. The van der Waals surface area contributed by atoms with E-state index in [2.05, 4.69) is 0 Å². The van der Waals surface area contributed by atoms with Gasteiger partial charge in [-0.3, -0.25) is 10.1 Å². The first-order valence-electron chi connectivity index (χ1n) is 5.66. The number of rotatable bonds is 4. The molecule has 0 heterocycles. The molecule has 0 aliphatic carbocycles. The zero-order valence-electron chi connectivity index (χ0n) is 10.2. The van der Waals surface area contributed by atoms with Crippen LogP contribution in [0, 0.1) is 27.3 Å². The van der Waals surface area contributed by atoms with Crippen molar-refractivity contribution in [2.24, 2.45) is 0 Å².